The van der Waals surface area contributed by atoms with Gasteiger partial charge in [0, 0.05) is 0 Å². The lowest BCUT2D eigenvalue weighted by Crippen LogP contribution is -2.09. The molecule has 0 aliphatic carbocycles. The van der Waals surface area contributed by atoms with Crippen LogP contribution in [-0.2, 0) is 11.4 Å². The smallest absolute Gasteiger partial charge is 0.341 e. The third kappa shape index (κ3) is 2.90. The first-order valence-electron chi connectivity index (χ1n) is 3.87. The number of carboxylic acids is 1. The molecule has 1 aromatic rings. The van der Waals surface area contributed by atoms with Crippen LogP contribution in [0, 0.1) is 0 Å². The Balaban J connectivity index is 2.73. The quantitative estimate of drug-likeness (QED) is 0.796. The summed E-state index contributed by atoms with van der Waals surface area (Å²) in [5.41, 5.74) is 0.651. The molecule has 0 aromatic heterocycles. The maximum atomic E-state index is 10.2. The first kappa shape index (κ1) is 10.8. The summed E-state index contributed by atoms with van der Waals surface area (Å²) in [5.74, 6) is -0.765. The Kier molecular flexibility index (Phi) is 3.73. The van der Waals surface area contributed by atoms with Crippen LogP contribution in [0.4, 0.5) is 0 Å². The van der Waals surface area contributed by atoms with Crippen LogP contribution >= 0.6 is 11.6 Å². The van der Waals surface area contributed by atoms with Gasteiger partial charge in [-0.1, -0.05) is 17.7 Å². The van der Waals surface area contributed by atoms with Gasteiger partial charge in [-0.15, -0.1) is 0 Å². The molecule has 2 N–H and O–H groups in total. The molecule has 0 unspecified atom stereocenters. The van der Waals surface area contributed by atoms with E-state index in [0.717, 1.165) is 0 Å². The second-order valence-corrected chi connectivity index (χ2v) is 3.01. The number of aliphatic hydroxyl groups is 1. The number of rotatable bonds is 4. The fourth-order valence-corrected chi connectivity index (χ4v) is 1.16. The van der Waals surface area contributed by atoms with Gasteiger partial charge < -0.3 is 14.9 Å². The van der Waals surface area contributed by atoms with E-state index in [0.29, 0.717) is 11.3 Å². The Morgan fingerprint density at radius 3 is 2.71 bits per heavy atom. The fourth-order valence-electron chi connectivity index (χ4n) is 0.899. The third-order valence-corrected chi connectivity index (χ3v) is 1.83. The van der Waals surface area contributed by atoms with Gasteiger partial charge in [0.25, 0.3) is 0 Å². The molecule has 0 aliphatic rings. The zero-order valence-electron chi connectivity index (χ0n) is 7.24. The van der Waals surface area contributed by atoms with E-state index in [-0.39, 0.29) is 11.6 Å². The molecule has 1 aromatic carbocycles. The molecule has 0 fully saturated rings. The monoisotopic (exact) mass is 216 g/mol. The topological polar surface area (TPSA) is 66.8 Å². The summed E-state index contributed by atoms with van der Waals surface area (Å²) in [7, 11) is 0. The Hall–Kier alpha value is -1.26. The van der Waals surface area contributed by atoms with Crippen molar-refractivity contribution < 1.29 is 19.7 Å². The van der Waals surface area contributed by atoms with Crippen molar-refractivity contribution >= 4 is 17.6 Å². The van der Waals surface area contributed by atoms with E-state index in [9.17, 15) is 4.79 Å². The highest BCUT2D eigenvalue weighted by atomic mass is 35.5. The zero-order valence-corrected chi connectivity index (χ0v) is 7.99. The van der Waals surface area contributed by atoms with Crippen molar-refractivity contribution in [1.82, 2.24) is 0 Å². The molecule has 0 amide bonds. The van der Waals surface area contributed by atoms with Crippen molar-refractivity contribution in [2.45, 2.75) is 6.61 Å². The molecule has 0 spiro atoms. The van der Waals surface area contributed by atoms with Gasteiger partial charge in [-0.2, -0.15) is 0 Å². The molecule has 1 rings (SSSR count). The third-order valence-electron chi connectivity index (χ3n) is 1.53. The van der Waals surface area contributed by atoms with Gasteiger partial charge in [0.1, 0.15) is 5.75 Å². The second-order valence-electron chi connectivity index (χ2n) is 2.61. The predicted molar refractivity (Wildman–Crippen MR) is 50.5 cm³/mol. The first-order valence-corrected chi connectivity index (χ1v) is 4.25. The van der Waals surface area contributed by atoms with Gasteiger partial charge in [-0.25, -0.2) is 4.79 Å². The summed E-state index contributed by atoms with van der Waals surface area (Å²) < 4.78 is 4.88. The van der Waals surface area contributed by atoms with Gasteiger partial charge in [-0.3, -0.25) is 0 Å². The molecule has 14 heavy (non-hydrogen) atoms. The maximum Gasteiger partial charge on any atom is 0.341 e. The van der Waals surface area contributed by atoms with Crippen molar-refractivity contribution in [2.75, 3.05) is 6.61 Å². The van der Waals surface area contributed by atoms with E-state index >= 15 is 0 Å². The fraction of sp³-hybridized carbons (Fsp3) is 0.222. The Morgan fingerprint density at radius 2 is 2.21 bits per heavy atom. The highest BCUT2D eigenvalue weighted by molar-refractivity contribution is 6.32. The van der Waals surface area contributed by atoms with Crippen LogP contribution in [0.15, 0.2) is 18.2 Å². The SMILES string of the molecule is O=C(O)COc1ccc(CO)cc1Cl. The van der Waals surface area contributed by atoms with Gasteiger partial charge >= 0.3 is 5.97 Å². The van der Waals surface area contributed by atoms with Gasteiger partial charge in [-0.05, 0) is 17.7 Å². The summed E-state index contributed by atoms with van der Waals surface area (Å²) >= 11 is 5.76. The van der Waals surface area contributed by atoms with Gasteiger partial charge in [0.15, 0.2) is 6.61 Å². The molecular formula is C9H9ClO4. The average Bonchev–Trinajstić information content (AvgIpc) is 2.15. The van der Waals surface area contributed by atoms with Crippen LogP contribution in [0.25, 0.3) is 0 Å². The van der Waals surface area contributed by atoms with Gasteiger partial charge in [0.05, 0.1) is 11.6 Å². The van der Waals surface area contributed by atoms with Crippen LogP contribution in [-0.4, -0.2) is 22.8 Å². The minimum absolute atomic E-state index is 0.112. The van der Waals surface area contributed by atoms with Crippen LogP contribution < -0.4 is 4.74 Å². The molecule has 0 aliphatic heterocycles. The number of halogens is 1. The van der Waals surface area contributed by atoms with Crippen molar-refractivity contribution in [3.8, 4) is 5.75 Å². The van der Waals surface area contributed by atoms with Crippen molar-refractivity contribution in [1.29, 1.82) is 0 Å². The summed E-state index contributed by atoms with van der Waals surface area (Å²) in [4.78, 5) is 10.2. The molecule has 0 saturated carbocycles. The maximum absolute atomic E-state index is 10.2. The van der Waals surface area contributed by atoms with E-state index in [2.05, 4.69) is 0 Å². The highest BCUT2D eigenvalue weighted by Gasteiger charge is 2.04. The molecular weight excluding hydrogens is 208 g/mol. The van der Waals surface area contributed by atoms with Crippen LogP contribution in [0.5, 0.6) is 5.75 Å². The number of benzene rings is 1. The van der Waals surface area contributed by atoms with E-state index in [1.807, 2.05) is 0 Å². The normalized spacial score (nSPS) is 9.86. The summed E-state index contributed by atoms with van der Waals surface area (Å²) in [5, 5.41) is 17.4. The van der Waals surface area contributed by atoms with Crippen molar-refractivity contribution in [2.24, 2.45) is 0 Å². The number of aliphatic carboxylic acids is 1. The Labute approximate surface area is 85.7 Å². The molecule has 0 heterocycles. The average molecular weight is 217 g/mol. The number of ether oxygens (including phenoxy) is 1. The summed E-state index contributed by atoms with van der Waals surface area (Å²) in [6.07, 6.45) is 0. The first-order chi connectivity index (χ1) is 6.63. The largest absolute Gasteiger partial charge is 0.480 e. The number of aliphatic hydroxyl groups excluding tert-OH is 1. The molecule has 5 heteroatoms. The standard InChI is InChI=1S/C9H9ClO4/c10-7-3-6(4-11)1-2-8(7)14-5-9(12)13/h1-3,11H,4-5H2,(H,12,13). The minimum atomic E-state index is -1.06. The molecule has 4 nitrogen and oxygen atoms in total. The lowest BCUT2D eigenvalue weighted by Gasteiger charge is -2.06. The number of carbonyl (C=O) groups is 1. The van der Waals surface area contributed by atoms with Crippen molar-refractivity contribution in [3.63, 3.8) is 0 Å². The van der Waals surface area contributed by atoms with Crippen LogP contribution in [0.1, 0.15) is 5.56 Å². The van der Waals surface area contributed by atoms with E-state index in [4.69, 9.17) is 26.6 Å². The van der Waals surface area contributed by atoms with Crippen LogP contribution in [0.3, 0.4) is 0 Å². The Morgan fingerprint density at radius 1 is 1.50 bits per heavy atom. The van der Waals surface area contributed by atoms with Gasteiger partial charge in [0.2, 0.25) is 0 Å². The molecule has 0 saturated heterocycles. The van der Waals surface area contributed by atoms with E-state index in [1.165, 1.54) is 12.1 Å². The predicted octanol–water partition coefficient (Wildman–Crippen LogP) is 1.30. The number of hydrogen-bond acceptors (Lipinski definition) is 3. The summed E-state index contributed by atoms with van der Waals surface area (Å²) in [6, 6.07) is 4.67. The second kappa shape index (κ2) is 4.83. The number of carboxylic acid groups (broad SMARTS) is 1. The van der Waals surface area contributed by atoms with E-state index < -0.39 is 12.6 Å². The number of hydrogen-bond donors (Lipinski definition) is 2. The molecule has 0 atom stereocenters. The lowest BCUT2D eigenvalue weighted by molar-refractivity contribution is -0.139. The van der Waals surface area contributed by atoms with Crippen LogP contribution in [0.2, 0.25) is 5.02 Å². The Bertz CT molecular complexity index is 338. The highest BCUT2D eigenvalue weighted by Crippen LogP contribution is 2.25. The summed E-state index contributed by atoms with van der Waals surface area (Å²) in [6.45, 7) is -0.545. The zero-order chi connectivity index (χ0) is 10.6. The molecule has 0 bridgehead atoms. The minimum Gasteiger partial charge on any atom is -0.480 e. The lowest BCUT2D eigenvalue weighted by atomic mass is 10.2. The van der Waals surface area contributed by atoms with E-state index in [1.54, 1.807) is 6.07 Å². The molecule has 76 valence electrons. The van der Waals surface area contributed by atoms with Crippen molar-refractivity contribution in [3.05, 3.63) is 28.8 Å². The molecule has 0 radical (unpaired) electrons.